The average Bonchev–Trinajstić information content (AvgIpc) is 2.69. The lowest BCUT2D eigenvalue weighted by Gasteiger charge is -2.30. The van der Waals surface area contributed by atoms with Gasteiger partial charge in [0.2, 0.25) is 0 Å². The Morgan fingerprint density at radius 1 is 1.44 bits per heavy atom. The summed E-state index contributed by atoms with van der Waals surface area (Å²) in [7, 11) is -1.54. The van der Waals surface area contributed by atoms with Crippen LogP contribution in [0.25, 0.3) is 10.2 Å². The van der Waals surface area contributed by atoms with Gasteiger partial charge in [-0.05, 0) is 18.6 Å². The highest BCUT2D eigenvalue weighted by molar-refractivity contribution is 7.22. The molecule has 3 rings (SSSR count). The second kappa shape index (κ2) is 4.35. The van der Waals surface area contributed by atoms with E-state index in [4.69, 9.17) is 0 Å². The van der Waals surface area contributed by atoms with E-state index in [0.29, 0.717) is 20.6 Å². The van der Waals surface area contributed by atoms with Crippen LogP contribution >= 0.6 is 11.3 Å². The van der Waals surface area contributed by atoms with Crippen molar-refractivity contribution in [3.8, 4) is 0 Å². The van der Waals surface area contributed by atoms with Crippen LogP contribution in [0.2, 0.25) is 0 Å². The first-order valence-electron chi connectivity index (χ1n) is 5.70. The molecular formula is C11H11BN2O3S. The fourth-order valence-electron chi connectivity index (χ4n) is 1.94. The van der Waals surface area contributed by atoms with Crippen molar-refractivity contribution in [2.24, 2.45) is 0 Å². The van der Waals surface area contributed by atoms with Crippen LogP contribution in [-0.4, -0.2) is 46.0 Å². The summed E-state index contributed by atoms with van der Waals surface area (Å²) in [6.45, 7) is 1.60. The van der Waals surface area contributed by atoms with E-state index in [1.807, 2.05) is 0 Å². The van der Waals surface area contributed by atoms with Crippen molar-refractivity contribution < 1.29 is 14.8 Å². The fourth-order valence-corrected chi connectivity index (χ4v) is 3.06. The first-order valence-corrected chi connectivity index (χ1v) is 6.52. The Balaban J connectivity index is 2.05. The summed E-state index contributed by atoms with van der Waals surface area (Å²) in [6.07, 6.45) is 2.57. The summed E-state index contributed by atoms with van der Waals surface area (Å²) in [4.78, 5) is 18.6. The third-order valence-corrected chi connectivity index (χ3v) is 4.24. The summed E-state index contributed by atoms with van der Waals surface area (Å²) in [5.41, 5.74) is 1.03. The number of nitrogens with zero attached hydrogens (tertiary/aromatic N) is 2. The highest BCUT2D eigenvalue weighted by Gasteiger charge is 2.25. The second-order valence-corrected chi connectivity index (χ2v) is 5.30. The Labute approximate surface area is 108 Å². The molecule has 18 heavy (non-hydrogen) atoms. The minimum atomic E-state index is -1.54. The van der Waals surface area contributed by atoms with E-state index in [0.717, 1.165) is 19.5 Å². The van der Waals surface area contributed by atoms with E-state index in [2.05, 4.69) is 4.98 Å². The Bertz CT molecular complexity index is 609. The number of carbonyl (C=O) groups excluding carboxylic acids is 1. The third-order valence-electron chi connectivity index (χ3n) is 3.07. The van der Waals surface area contributed by atoms with Crippen LogP contribution in [0.15, 0.2) is 18.3 Å². The Morgan fingerprint density at radius 2 is 2.22 bits per heavy atom. The molecule has 0 atom stereocenters. The van der Waals surface area contributed by atoms with Gasteiger partial charge in [-0.1, -0.05) is 0 Å². The number of hydrogen-bond donors (Lipinski definition) is 2. The summed E-state index contributed by atoms with van der Waals surface area (Å²) >= 11 is 1.26. The van der Waals surface area contributed by atoms with Crippen LogP contribution in [0, 0.1) is 0 Å². The van der Waals surface area contributed by atoms with Gasteiger partial charge in [0.1, 0.15) is 0 Å². The van der Waals surface area contributed by atoms with Crippen molar-refractivity contribution in [1.82, 2.24) is 9.88 Å². The highest BCUT2D eigenvalue weighted by Crippen LogP contribution is 2.25. The zero-order chi connectivity index (χ0) is 12.7. The number of likely N-dealkylation sites (tertiary alicyclic amines) is 1. The maximum atomic E-state index is 12.1. The number of fused-ring (bicyclic) bond motifs is 1. The van der Waals surface area contributed by atoms with Gasteiger partial charge in [-0.15, -0.1) is 11.3 Å². The molecule has 92 valence electrons. The van der Waals surface area contributed by atoms with Gasteiger partial charge in [-0.3, -0.25) is 9.78 Å². The topological polar surface area (TPSA) is 73.7 Å². The number of rotatable bonds is 2. The van der Waals surface area contributed by atoms with Gasteiger partial charge in [0.15, 0.2) is 0 Å². The lowest BCUT2D eigenvalue weighted by molar-refractivity contribution is 0.0657. The van der Waals surface area contributed by atoms with Gasteiger partial charge in [-0.25, -0.2) is 0 Å². The van der Waals surface area contributed by atoms with Gasteiger partial charge in [-0.2, -0.15) is 0 Å². The van der Waals surface area contributed by atoms with Crippen molar-refractivity contribution in [3.05, 3.63) is 23.2 Å². The Hall–Kier alpha value is -1.44. The molecule has 5 nitrogen and oxygen atoms in total. The zero-order valence-electron chi connectivity index (χ0n) is 9.54. The maximum Gasteiger partial charge on any atom is 0.490 e. The largest absolute Gasteiger partial charge is 0.490 e. The van der Waals surface area contributed by atoms with Crippen molar-refractivity contribution in [3.63, 3.8) is 0 Å². The molecule has 1 aliphatic heterocycles. The van der Waals surface area contributed by atoms with E-state index >= 15 is 0 Å². The number of amides is 1. The molecule has 0 aromatic carbocycles. The molecule has 0 saturated carbocycles. The molecule has 3 heterocycles. The van der Waals surface area contributed by atoms with Crippen LogP contribution in [0.3, 0.4) is 0 Å². The second-order valence-electron chi connectivity index (χ2n) is 4.24. The molecule has 1 amide bonds. The van der Waals surface area contributed by atoms with Crippen molar-refractivity contribution in [1.29, 1.82) is 0 Å². The molecule has 2 N–H and O–H groups in total. The molecule has 2 aromatic rings. The van der Waals surface area contributed by atoms with Crippen LogP contribution in [0.4, 0.5) is 0 Å². The number of pyridine rings is 1. The molecule has 0 bridgehead atoms. The van der Waals surface area contributed by atoms with Gasteiger partial charge in [0, 0.05) is 24.7 Å². The summed E-state index contributed by atoms with van der Waals surface area (Å²) in [6, 6.07) is 3.27. The smallest absolute Gasteiger partial charge is 0.423 e. The number of carbonyl (C=O) groups is 1. The average molecular weight is 262 g/mol. The SMILES string of the molecule is O=C(c1cc2nccc(B(O)O)c2s1)N1CCC1. The van der Waals surface area contributed by atoms with E-state index in [9.17, 15) is 14.8 Å². The van der Waals surface area contributed by atoms with Crippen molar-refractivity contribution in [2.75, 3.05) is 13.1 Å². The predicted octanol–water partition coefficient (Wildman–Crippen LogP) is -0.178. The molecule has 1 fully saturated rings. The minimum absolute atomic E-state index is 0.00243. The molecule has 1 aliphatic rings. The van der Waals surface area contributed by atoms with Crippen molar-refractivity contribution in [2.45, 2.75) is 6.42 Å². The zero-order valence-corrected chi connectivity index (χ0v) is 10.4. The molecule has 7 heteroatoms. The minimum Gasteiger partial charge on any atom is -0.423 e. The molecular weight excluding hydrogens is 251 g/mol. The van der Waals surface area contributed by atoms with E-state index < -0.39 is 7.12 Å². The van der Waals surface area contributed by atoms with Gasteiger partial charge in [0.05, 0.1) is 15.1 Å². The number of aromatic nitrogens is 1. The van der Waals surface area contributed by atoms with E-state index in [1.54, 1.807) is 17.0 Å². The quantitative estimate of drug-likeness (QED) is 0.736. The summed E-state index contributed by atoms with van der Waals surface area (Å²) in [5.74, 6) is 0.00243. The number of thiophene rings is 1. The lowest BCUT2D eigenvalue weighted by Crippen LogP contribution is -2.41. The van der Waals surface area contributed by atoms with Gasteiger partial charge in [0.25, 0.3) is 5.91 Å². The van der Waals surface area contributed by atoms with Crippen LogP contribution in [0.1, 0.15) is 16.1 Å². The maximum absolute atomic E-state index is 12.1. The monoisotopic (exact) mass is 262 g/mol. The first-order chi connectivity index (χ1) is 8.66. The van der Waals surface area contributed by atoms with Gasteiger partial charge >= 0.3 is 7.12 Å². The molecule has 0 aliphatic carbocycles. The van der Waals surface area contributed by atoms with Crippen molar-refractivity contribution >= 4 is 40.0 Å². The molecule has 0 spiro atoms. The van der Waals surface area contributed by atoms with Crippen LogP contribution in [-0.2, 0) is 0 Å². The normalized spacial score (nSPS) is 14.7. The Morgan fingerprint density at radius 3 is 2.83 bits per heavy atom. The first kappa shape index (κ1) is 11.6. The fraction of sp³-hybridized carbons (Fsp3) is 0.273. The lowest BCUT2D eigenvalue weighted by atomic mass is 9.81. The van der Waals surface area contributed by atoms with Crippen LogP contribution in [0.5, 0.6) is 0 Å². The Kier molecular flexibility index (Phi) is 2.81. The molecule has 2 aromatic heterocycles. The third kappa shape index (κ3) is 1.80. The number of hydrogen-bond acceptors (Lipinski definition) is 5. The summed E-state index contributed by atoms with van der Waals surface area (Å²) < 4.78 is 0.663. The van der Waals surface area contributed by atoms with E-state index in [-0.39, 0.29) is 5.91 Å². The summed E-state index contributed by atoms with van der Waals surface area (Å²) in [5, 5.41) is 18.6. The van der Waals surface area contributed by atoms with E-state index in [1.165, 1.54) is 17.5 Å². The standard InChI is InChI=1S/C11H11BN2O3S/c15-11(14-4-1-5-14)9-6-8-10(18-9)7(12(16)17)2-3-13-8/h2-3,6,16-17H,1,4-5H2. The van der Waals surface area contributed by atoms with Crippen LogP contribution < -0.4 is 5.46 Å². The highest BCUT2D eigenvalue weighted by atomic mass is 32.1. The predicted molar refractivity (Wildman–Crippen MR) is 70.0 cm³/mol. The molecule has 0 radical (unpaired) electrons. The van der Waals surface area contributed by atoms with Gasteiger partial charge < -0.3 is 14.9 Å². The molecule has 0 unspecified atom stereocenters. The molecule has 1 saturated heterocycles.